The number of aryl methyl sites for hydroxylation is 1. The lowest BCUT2D eigenvalue weighted by Crippen LogP contribution is -2.36. The molecule has 136 valence electrons. The predicted molar refractivity (Wildman–Crippen MR) is 99.8 cm³/mol. The number of aliphatic hydroxyl groups excluding tert-OH is 1. The Morgan fingerprint density at radius 1 is 1.19 bits per heavy atom. The molecule has 2 atom stereocenters. The Morgan fingerprint density at radius 3 is 2.73 bits per heavy atom. The monoisotopic (exact) mass is 353 g/mol. The summed E-state index contributed by atoms with van der Waals surface area (Å²) in [4.78, 5) is 24.9. The Balaban J connectivity index is 1.66. The highest BCUT2D eigenvalue weighted by molar-refractivity contribution is 6.04. The number of carbonyl (C=O) groups excluding carboxylic acids is 2. The van der Waals surface area contributed by atoms with Gasteiger partial charge in [0.15, 0.2) is 0 Å². The third-order valence-electron chi connectivity index (χ3n) is 4.39. The third-order valence-corrected chi connectivity index (χ3v) is 4.39. The molecule has 6 nitrogen and oxygen atoms in total. The molecule has 2 aromatic rings. The van der Waals surface area contributed by atoms with E-state index in [9.17, 15) is 14.7 Å². The summed E-state index contributed by atoms with van der Waals surface area (Å²) in [6, 6.07) is 14.4. The fourth-order valence-corrected chi connectivity index (χ4v) is 3.03. The van der Waals surface area contributed by atoms with Crippen molar-refractivity contribution in [2.24, 2.45) is 0 Å². The molecule has 0 radical (unpaired) electrons. The van der Waals surface area contributed by atoms with Crippen molar-refractivity contribution in [3.05, 3.63) is 65.2 Å². The maximum atomic E-state index is 12.6. The lowest BCUT2D eigenvalue weighted by Gasteiger charge is -2.14. The minimum absolute atomic E-state index is 0.248. The molecular weight excluding hydrogens is 330 g/mol. The van der Waals surface area contributed by atoms with Crippen LogP contribution in [0.4, 0.5) is 5.69 Å². The molecule has 2 aromatic carbocycles. The van der Waals surface area contributed by atoms with E-state index in [1.807, 2.05) is 31.2 Å². The molecule has 0 spiro atoms. The van der Waals surface area contributed by atoms with Crippen LogP contribution < -0.4 is 16.0 Å². The van der Waals surface area contributed by atoms with Crippen molar-refractivity contribution in [2.75, 3.05) is 11.9 Å². The van der Waals surface area contributed by atoms with E-state index in [4.69, 9.17) is 0 Å². The summed E-state index contributed by atoms with van der Waals surface area (Å²) >= 11 is 0. The van der Waals surface area contributed by atoms with Crippen LogP contribution in [0.5, 0.6) is 0 Å². The Labute approximate surface area is 152 Å². The van der Waals surface area contributed by atoms with Crippen LogP contribution in [0.1, 0.15) is 27.9 Å². The number of hydrogen-bond donors (Lipinski definition) is 4. The molecule has 1 aliphatic rings. The number of amides is 2. The number of para-hydroxylation sites is 1. The van der Waals surface area contributed by atoms with Gasteiger partial charge in [-0.2, -0.15) is 0 Å². The minimum Gasteiger partial charge on any atom is -0.392 e. The van der Waals surface area contributed by atoms with Gasteiger partial charge in [-0.25, -0.2) is 0 Å². The first kappa shape index (κ1) is 18.1. The zero-order valence-corrected chi connectivity index (χ0v) is 14.7. The zero-order valence-electron chi connectivity index (χ0n) is 14.7. The Hall–Kier alpha value is -2.70. The van der Waals surface area contributed by atoms with Crippen molar-refractivity contribution in [1.29, 1.82) is 0 Å². The van der Waals surface area contributed by atoms with Gasteiger partial charge in [0.2, 0.25) is 5.91 Å². The number of aliphatic hydroxyl groups is 1. The smallest absolute Gasteiger partial charge is 0.253 e. The molecule has 2 amide bonds. The number of anilines is 1. The average molecular weight is 353 g/mol. The number of carbonyl (C=O) groups is 2. The third kappa shape index (κ3) is 4.47. The number of benzene rings is 2. The summed E-state index contributed by atoms with van der Waals surface area (Å²) in [7, 11) is 0. The van der Waals surface area contributed by atoms with Gasteiger partial charge in [0.05, 0.1) is 23.4 Å². The number of nitrogens with one attached hydrogen (secondary N) is 3. The molecule has 1 saturated heterocycles. The summed E-state index contributed by atoms with van der Waals surface area (Å²) in [5.41, 5.74) is 3.02. The first-order chi connectivity index (χ1) is 12.5. The van der Waals surface area contributed by atoms with Crippen molar-refractivity contribution >= 4 is 17.5 Å². The van der Waals surface area contributed by atoms with Crippen molar-refractivity contribution in [1.82, 2.24) is 10.6 Å². The van der Waals surface area contributed by atoms with Gasteiger partial charge >= 0.3 is 0 Å². The maximum absolute atomic E-state index is 12.6. The highest BCUT2D eigenvalue weighted by Crippen LogP contribution is 2.17. The molecule has 1 heterocycles. The molecule has 1 aliphatic heterocycles. The topological polar surface area (TPSA) is 90.5 Å². The summed E-state index contributed by atoms with van der Waals surface area (Å²) in [5.74, 6) is -0.498. The van der Waals surface area contributed by atoms with Crippen LogP contribution >= 0.6 is 0 Å². The SMILES string of the molecule is Cc1cccc(CNC(=O)c2ccccc2NC(=O)[C@H]2C[C@@H](O)CN2)c1. The molecular formula is C20H23N3O3. The summed E-state index contributed by atoms with van der Waals surface area (Å²) in [6.45, 7) is 2.82. The standard InChI is InChI=1S/C20H23N3O3/c1-13-5-4-6-14(9-13)11-22-19(25)16-7-2-3-8-17(16)23-20(26)18-10-15(24)12-21-18/h2-9,15,18,21,24H,10-12H2,1H3,(H,22,25)(H,23,26)/t15-,18-/m1/s1. The summed E-state index contributed by atoms with van der Waals surface area (Å²) in [5, 5.41) is 18.2. The minimum atomic E-state index is -0.515. The van der Waals surface area contributed by atoms with E-state index in [2.05, 4.69) is 16.0 Å². The highest BCUT2D eigenvalue weighted by atomic mass is 16.3. The predicted octanol–water partition coefficient (Wildman–Crippen LogP) is 1.59. The van der Waals surface area contributed by atoms with Crippen LogP contribution in [0.3, 0.4) is 0 Å². The average Bonchev–Trinajstić information content (AvgIpc) is 3.07. The number of rotatable bonds is 5. The summed E-state index contributed by atoms with van der Waals surface area (Å²) < 4.78 is 0. The van der Waals surface area contributed by atoms with Gasteiger partial charge in [-0.3, -0.25) is 9.59 Å². The number of hydrogen-bond acceptors (Lipinski definition) is 4. The van der Waals surface area contributed by atoms with E-state index in [1.165, 1.54) is 0 Å². The van der Waals surface area contributed by atoms with Crippen LogP contribution in [-0.2, 0) is 11.3 Å². The Morgan fingerprint density at radius 2 is 2.00 bits per heavy atom. The second kappa shape index (κ2) is 8.12. The van der Waals surface area contributed by atoms with Gasteiger partial charge in [0, 0.05) is 13.1 Å². The molecule has 0 aromatic heterocycles. The fourth-order valence-electron chi connectivity index (χ4n) is 3.03. The Bertz CT molecular complexity index is 806. The first-order valence-electron chi connectivity index (χ1n) is 8.68. The zero-order chi connectivity index (χ0) is 18.5. The van der Waals surface area contributed by atoms with Crippen LogP contribution in [0, 0.1) is 6.92 Å². The lowest BCUT2D eigenvalue weighted by molar-refractivity contribution is -0.117. The fraction of sp³-hybridized carbons (Fsp3) is 0.300. The van der Waals surface area contributed by atoms with Crippen molar-refractivity contribution in [2.45, 2.75) is 32.0 Å². The molecule has 3 rings (SSSR count). The van der Waals surface area contributed by atoms with E-state index in [0.29, 0.717) is 30.8 Å². The van der Waals surface area contributed by atoms with E-state index in [1.54, 1.807) is 24.3 Å². The quantitative estimate of drug-likeness (QED) is 0.657. The van der Waals surface area contributed by atoms with Crippen molar-refractivity contribution in [3.63, 3.8) is 0 Å². The van der Waals surface area contributed by atoms with Gasteiger partial charge in [0.25, 0.3) is 5.91 Å². The molecule has 0 unspecified atom stereocenters. The molecule has 0 aliphatic carbocycles. The molecule has 26 heavy (non-hydrogen) atoms. The van der Waals surface area contributed by atoms with E-state index >= 15 is 0 Å². The molecule has 4 N–H and O–H groups in total. The van der Waals surface area contributed by atoms with Gasteiger partial charge in [-0.1, -0.05) is 42.0 Å². The maximum Gasteiger partial charge on any atom is 0.253 e. The van der Waals surface area contributed by atoms with Gasteiger partial charge in [-0.05, 0) is 31.0 Å². The van der Waals surface area contributed by atoms with Crippen molar-refractivity contribution in [3.8, 4) is 0 Å². The van der Waals surface area contributed by atoms with Gasteiger partial charge in [0.1, 0.15) is 0 Å². The van der Waals surface area contributed by atoms with Crippen LogP contribution in [-0.4, -0.2) is 35.6 Å². The van der Waals surface area contributed by atoms with E-state index in [0.717, 1.165) is 11.1 Å². The molecule has 0 bridgehead atoms. The van der Waals surface area contributed by atoms with E-state index in [-0.39, 0.29) is 11.8 Å². The van der Waals surface area contributed by atoms with Crippen LogP contribution in [0.15, 0.2) is 48.5 Å². The normalized spacial score (nSPS) is 19.2. The van der Waals surface area contributed by atoms with Gasteiger partial charge in [-0.15, -0.1) is 0 Å². The highest BCUT2D eigenvalue weighted by Gasteiger charge is 2.28. The van der Waals surface area contributed by atoms with Crippen molar-refractivity contribution < 1.29 is 14.7 Å². The first-order valence-corrected chi connectivity index (χ1v) is 8.68. The largest absolute Gasteiger partial charge is 0.392 e. The summed E-state index contributed by atoms with van der Waals surface area (Å²) in [6.07, 6.45) is -0.147. The molecule has 0 saturated carbocycles. The van der Waals surface area contributed by atoms with E-state index < -0.39 is 12.1 Å². The number of β-amino-alcohol motifs (C(OH)–C–C–N with tert-alkyl or cyclic N) is 1. The second-order valence-corrected chi connectivity index (χ2v) is 6.56. The molecule has 1 fully saturated rings. The molecule has 6 heteroatoms. The van der Waals surface area contributed by atoms with Crippen LogP contribution in [0.25, 0.3) is 0 Å². The van der Waals surface area contributed by atoms with Gasteiger partial charge < -0.3 is 21.1 Å². The second-order valence-electron chi connectivity index (χ2n) is 6.56. The van der Waals surface area contributed by atoms with Crippen LogP contribution in [0.2, 0.25) is 0 Å². The Kier molecular flexibility index (Phi) is 5.65. The lowest BCUT2D eigenvalue weighted by atomic mass is 10.1.